The lowest BCUT2D eigenvalue weighted by atomic mass is 10.0. The van der Waals surface area contributed by atoms with Crippen LogP contribution in [0.15, 0.2) is 22.7 Å². The third kappa shape index (κ3) is 3.07. The first-order valence-corrected chi connectivity index (χ1v) is 6.21. The smallest absolute Gasteiger partial charge is 0.253 e. The van der Waals surface area contributed by atoms with Gasteiger partial charge in [-0.05, 0) is 47.8 Å². The molecule has 1 N–H and O–H groups in total. The molecule has 0 spiro atoms. The van der Waals surface area contributed by atoms with Crippen LogP contribution in [0.2, 0.25) is 0 Å². The summed E-state index contributed by atoms with van der Waals surface area (Å²) in [4.78, 5) is 12.1. The largest absolute Gasteiger partial charge is 0.334 e. The molecule has 0 radical (unpaired) electrons. The number of hydrogen-bond donors (Lipinski definition) is 1. The fourth-order valence-electron chi connectivity index (χ4n) is 1.34. The first-order valence-electron chi connectivity index (χ1n) is 5.42. The van der Waals surface area contributed by atoms with Crippen LogP contribution in [-0.4, -0.2) is 11.4 Å². The predicted octanol–water partition coefficient (Wildman–Crippen LogP) is 3.18. The Labute approximate surface area is 110 Å². The third-order valence-electron chi connectivity index (χ3n) is 2.78. The number of aryl methyl sites for hydroxylation is 1. The van der Waals surface area contributed by atoms with Gasteiger partial charge in [0.1, 0.15) is 5.54 Å². The van der Waals surface area contributed by atoms with Crippen molar-refractivity contribution >= 4 is 21.8 Å². The summed E-state index contributed by atoms with van der Waals surface area (Å²) in [6.45, 7) is 5.51. The highest BCUT2D eigenvalue weighted by molar-refractivity contribution is 9.10. The molecule has 0 saturated carbocycles. The highest BCUT2D eigenvalue weighted by Gasteiger charge is 2.25. The summed E-state index contributed by atoms with van der Waals surface area (Å²) in [5.74, 6) is -0.230. The van der Waals surface area contributed by atoms with Gasteiger partial charge in [-0.25, -0.2) is 0 Å². The zero-order chi connectivity index (χ0) is 13.1. The molecule has 0 saturated heterocycles. The maximum Gasteiger partial charge on any atom is 0.253 e. The lowest BCUT2D eigenvalue weighted by molar-refractivity contribution is 0.0922. The second-order valence-electron chi connectivity index (χ2n) is 4.19. The maximum absolute atomic E-state index is 12.1. The minimum atomic E-state index is -0.819. The molecule has 0 fully saturated rings. The molecule has 1 rings (SSSR count). The van der Waals surface area contributed by atoms with E-state index in [2.05, 4.69) is 27.3 Å². The highest BCUT2D eigenvalue weighted by Crippen LogP contribution is 2.21. The number of carbonyl (C=O) groups is 1. The molecule has 1 amide bonds. The van der Waals surface area contributed by atoms with Crippen LogP contribution in [0, 0.1) is 18.3 Å². The van der Waals surface area contributed by atoms with Crippen molar-refractivity contribution in [3.63, 3.8) is 0 Å². The van der Waals surface area contributed by atoms with Gasteiger partial charge in [0.05, 0.1) is 11.6 Å². The lowest BCUT2D eigenvalue weighted by Gasteiger charge is -2.21. The van der Waals surface area contributed by atoms with Crippen LogP contribution in [-0.2, 0) is 0 Å². The van der Waals surface area contributed by atoms with Crippen molar-refractivity contribution in [1.82, 2.24) is 5.32 Å². The lowest BCUT2D eigenvalue weighted by Crippen LogP contribution is -2.44. The van der Waals surface area contributed by atoms with Gasteiger partial charge in [-0.1, -0.05) is 19.1 Å². The standard InChI is InChI=1S/C13H15BrN2O/c1-4-13(3,8-15)16-12(17)10-7-5-6-9(2)11(10)14/h5-7H,4H2,1-3H3,(H,16,17). The van der Waals surface area contributed by atoms with Crippen molar-refractivity contribution in [1.29, 1.82) is 5.26 Å². The minimum Gasteiger partial charge on any atom is -0.334 e. The molecule has 90 valence electrons. The van der Waals surface area contributed by atoms with E-state index in [-0.39, 0.29) is 5.91 Å². The Balaban J connectivity index is 2.99. The van der Waals surface area contributed by atoms with Gasteiger partial charge in [0, 0.05) is 4.47 Å². The first kappa shape index (κ1) is 13.7. The third-order valence-corrected chi connectivity index (χ3v) is 3.83. The van der Waals surface area contributed by atoms with Gasteiger partial charge in [-0.2, -0.15) is 5.26 Å². The molecule has 0 aromatic heterocycles. The molecular weight excluding hydrogens is 280 g/mol. The molecular formula is C13H15BrN2O. The monoisotopic (exact) mass is 294 g/mol. The zero-order valence-corrected chi connectivity index (χ0v) is 11.8. The van der Waals surface area contributed by atoms with Crippen molar-refractivity contribution in [2.75, 3.05) is 0 Å². The number of nitriles is 1. The van der Waals surface area contributed by atoms with Crippen LogP contribution < -0.4 is 5.32 Å². The van der Waals surface area contributed by atoms with Crippen LogP contribution in [0.5, 0.6) is 0 Å². The molecule has 3 nitrogen and oxygen atoms in total. The predicted molar refractivity (Wildman–Crippen MR) is 70.7 cm³/mol. The summed E-state index contributed by atoms with van der Waals surface area (Å²) in [5.41, 5.74) is 0.730. The number of benzene rings is 1. The van der Waals surface area contributed by atoms with Crippen LogP contribution >= 0.6 is 15.9 Å². The number of rotatable bonds is 3. The number of nitrogens with zero attached hydrogens (tertiary/aromatic N) is 1. The molecule has 0 heterocycles. The topological polar surface area (TPSA) is 52.9 Å². The fourth-order valence-corrected chi connectivity index (χ4v) is 1.78. The van der Waals surface area contributed by atoms with Gasteiger partial charge < -0.3 is 5.32 Å². The van der Waals surface area contributed by atoms with E-state index in [0.29, 0.717) is 12.0 Å². The average molecular weight is 295 g/mol. The number of carbonyl (C=O) groups excluding carboxylic acids is 1. The van der Waals surface area contributed by atoms with Gasteiger partial charge in [-0.15, -0.1) is 0 Å². The van der Waals surface area contributed by atoms with Crippen molar-refractivity contribution < 1.29 is 4.79 Å². The Morgan fingerprint density at radius 2 is 2.24 bits per heavy atom. The van der Waals surface area contributed by atoms with Gasteiger partial charge in [0.2, 0.25) is 0 Å². The summed E-state index contributed by atoms with van der Waals surface area (Å²) in [7, 11) is 0. The Hall–Kier alpha value is -1.34. The van der Waals surface area contributed by atoms with E-state index in [0.717, 1.165) is 10.0 Å². The Kier molecular flexibility index (Phi) is 4.30. The van der Waals surface area contributed by atoms with Gasteiger partial charge in [-0.3, -0.25) is 4.79 Å². The maximum atomic E-state index is 12.1. The zero-order valence-electron chi connectivity index (χ0n) is 10.2. The van der Waals surface area contributed by atoms with E-state index in [4.69, 9.17) is 5.26 Å². The van der Waals surface area contributed by atoms with Gasteiger partial charge in [0.25, 0.3) is 5.91 Å². The summed E-state index contributed by atoms with van der Waals surface area (Å²) in [5, 5.41) is 11.8. The van der Waals surface area contributed by atoms with Crippen molar-refractivity contribution in [3.8, 4) is 6.07 Å². The summed E-state index contributed by atoms with van der Waals surface area (Å²) < 4.78 is 0.772. The highest BCUT2D eigenvalue weighted by atomic mass is 79.9. The number of nitrogens with one attached hydrogen (secondary N) is 1. The molecule has 4 heteroatoms. The number of halogens is 1. The van der Waals surface area contributed by atoms with Crippen LogP contribution in [0.1, 0.15) is 36.2 Å². The summed E-state index contributed by atoms with van der Waals surface area (Å²) in [6, 6.07) is 7.60. The normalized spacial score (nSPS) is 13.6. The molecule has 1 unspecified atom stereocenters. The molecule has 1 atom stereocenters. The average Bonchev–Trinajstić information content (AvgIpc) is 2.32. The Morgan fingerprint density at radius 1 is 1.59 bits per heavy atom. The molecule has 0 aliphatic carbocycles. The van der Waals surface area contributed by atoms with E-state index in [9.17, 15) is 4.79 Å². The number of amides is 1. The van der Waals surface area contributed by atoms with E-state index in [1.54, 1.807) is 13.0 Å². The molecule has 1 aromatic rings. The second kappa shape index (κ2) is 5.33. The van der Waals surface area contributed by atoms with Gasteiger partial charge >= 0.3 is 0 Å². The van der Waals surface area contributed by atoms with Crippen LogP contribution in [0.25, 0.3) is 0 Å². The molecule has 17 heavy (non-hydrogen) atoms. The van der Waals surface area contributed by atoms with E-state index in [1.165, 1.54) is 0 Å². The van der Waals surface area contributed by atoms with E-state index in [1.807, 2.05) is 26.0 Å². The number of hydrogen-bond acceptors (Lipinski definition) is 2. The first-order chi connectivity index (χ1) is 7.93. The molecule has 0 bridgehead atoms. The van der Waals surface area contributed by atoms with Crippen molar-refractivity contribution in [2.24, 2.45) is 0 Å². The second-order valence-corrected chi connectivity index (χ2v) is 4.98. The van der Waals surface area contributed by atoms with Crippen molar-refractivity contribution in [3.05, 3.63) is 33.8 Å². The SMILES string of the molecule is CCC(C)(C#N)NC(=O)c1cccc(C)c1Br. The molecule has 0 aliphatic heterocycles. The Morgan fingerprint density at radius 3 is 2.76 bits per heavy atom. The van der Waals surface area contributed by atoms with Crippen LogP contribution in [0.4, 0.5) is 0 Å². The Bertz CT molecular complexity index is 479. The van der Waals surface area contributed by atoms with Crippen molar-refractivity contribution in [2.45, 2.75) is 32.7 Å². The molecule has 1 aromatic carbocycles. The van der Waals surface area contributed by atoms with E-state index >= 15 is 0 Å². The van der Waals surface area contributed by atoms with Crippen LogP contribution in [0.3, 0.4) is 0 Å². The summed E-state index contributed by atoms with van der Waals surface area (Å²) in [6.07, 6.45) is 0.568. The summed E-state index contributed by atoms with van der Waals surface area (Å²) >= 11 is 3.39. The fraction of sp³-hybridized carbons (Fsp3) is 0.385. The van der Waals surface area contributed by atoms with E-state index < -0.39 is 5.54 Å². The van der Waals surface area contributed by atoms with Gasteiger partial charge in [0.15, 0.2) is 0 Å². The minimum absolute atomic E-state index is 0.230. The quantitative estimate of drug-likeness (QED) is 0.931. The molecule has 0 aliphatic rings.